The molecule has 0 N–H and O–H groups in total. The number of carbonyl (C=O) groups is 2. The molecule has 3 rings (SSSR count). The summed E-state index contributed by atoms with van der Waals surface area (Å²) < 4.78 is 11.1. The van der Waals surface area contributed by atoms with Crippen LogP contribution in [0.1, 0.15) is 51.7 Å². The van der Waals surface area contributed by atoms with Gasteiger partial charge < -0.3 is 9.47 Å². The highest BCUT2D eigenvalue weighted by Crippen LogP contribution is 2.32. The highest BCUT2D eigenvalue weighted by atomic mass is 16.6. The normalized spacial score (nSPS) is 16.1. The smallest absolute Gasteiger partial charge is 0.411 e. The van der Waals surface area contributed by atoms with Gasteiger partial charge in [0.05, 0.1) is 0 Å². The minimum absolute atomic E-state index is 0.0641. The van der Waals surface area contributed by atoms with Crippen molar-refractivity contribution in [2.75, 3.05) is 19.6 Å². The molecule has 2 aromatic carbocycles. The first-order chi connectivity index (χ1) is 15.7. The van der Waals surface area contributed by atoms with E-state index in [0.717, 1.165) is 37.1 Å². The lowest BCUT2D eigenvalue weighted by Crippen LogP contribution is -2.59. The lowest BCUT2D eigenvalue weighted by atomic mass is 9.86. The van der Waals surface area contributed by atoms with Crippen LogP contribution in [0, 0.1) is 0 Å². The van der Waals surface area contributed by atoms with E-state index in [0.29, 0.717) is 0 Å². The van der Waals surface area contributed by atoms with Crippen molar-refractivity contribution in [3.8, 4) is 0 Å². The van der Waals surface area contributed by atoms with Gasteiger partial charge >= 0.3 is 12.1 Å². The van der Waals surface area contributed by atoms with Crippen LogP contribution in [-0.4, -0.2) is 52.6 Å². The lowest BCUT2D eigenvalue weighted by molar-refractivity contribution is -0.148. The molecule has 6 heteroatoms. The Balaban J connectivity index is 1.68. The number of rotatable bonds is 7. The van der Waals surface area contributed by atoms with E-state index in [9.17, 15) is 9.59 Å². The van der Waals surface area contributed by atoms with Gasteiger partial charge in [-0.1, -0.05) is 60.7 Å². The summed E-state index contributed by atoms with van der Waals surface area (Å²) in [6.45, 7) is 10.5. The maximum absolute atomic E-state index is 13.2. The molecular formula is C27H36N2O4. The van der Waals surface area contributed by atoms with Gasteiger partial charge in [-0.25, -0.2) is 4.79 Å². The first-order valence-electron chi connectivity index (χ1n) is 11.6. The van der Waals surface area contributed by atoms with Crippen molar-refractivity contribution in [2.45, 2.75) is 64.8 Å². The molecule has 0 radical (unpaired) electrons. The second kappa shape index (κ2) is 10.8. The Morgan fingerprint density at radius 2 is 1.36 bits per heavy atom. The molecule has 0 spiro atoms. The Kier molecular flexibility index (Phi) is 8.14. The molecule has 1 aliphatic rings. The molecule has 1 fully saturated rings. The lowest BCUT2D eigenvalue weighted by Gasteiger charge is -2.49. The van der Waals surface area contributed by atoms with Crippen LogP contribution in [0.2, 0.25) is 0 Å². The predicted octanol–water partition coefficient (Wildman–Crippen LogP) is 5.02. The van der Waals surface area contributed by atoms with Gasteiger partial charge in [0.1, 0.15) is 19.8 Å². The van der Waals surface area contributed by atoms with E-state index in [1.54, 1.807) is 4.90 Å². The minimum atomic E-state index is -0.485. The van der Waals surface area contributed by atoms with Crippen LogP contribution in [0.3, 0.4) is 0 Å². The number of amides is 1. The van der Waals surface area contributed by atoms with E-state index >= 15 is 0 Å². The van der Waals surface area contributed by atoms with E-state index in [1.165, 1.54) is 0 Å². The number of piperidine rings is 1. The summed E-state index contributed by atoms with van der Waals surface area (Å²) in [6.07, 6.45) is 1.04. The summed E-state index contributed by atoms with van der Waals surface area (Å²) in [6, 6.07) is 19.1. The van der Waals surface area contributed by atoms with Crippen molar-refractivity contribution in [1.29, 1.82) is 0 Å². The SMILES string of the molecule is CC(C)(C)N1CCC(C)(N(CC(=O)OCc2ccccc2)C(=O)OCc2ccccc2)CC1. The Morgan fingerprint density at radius 3 is 1.85 bits per heavy atom. The Morgan fingerprint density at radius 1 is 0.879 bits per heavy atom. The monoisotopic (exact) mass is 452 g/mol. The van der Waals surface area contributed by atoms with E-state index in [1.807, 2.05) is 67.6 Å². The molecule has 0 bridgehead atoms. The van der Waals surface area contributed by atoms with E-state index in [2.05, 4.69) is 25.7 Å². The Bertz CT molecular complexity index is 901. The van der Waals surface area contributed by atoms with Crippen LogP contribution in [0.4, 0.5) is 4.79 Å². The molecule has 1 saturated heterocycles. The summed E-state index contributed by atoms with van der Waals surface area (Å²) in [5.41, 5.74) is 1.40. The van der Waals surface area contributed by atoms with Crippen LogP contribution in [0.25, 0.3) is 0 Å². The number of hydrogen-bond acceptors (Lipinski definition) is 5. The van der Waals surface area contributed by atoms with Gasteiger partial charge in [0, 0.05) is 24.2 Å². The van der Waals surface area contributed by atoms with E-state index in [4.69, 9.17) is 9.47 Å². The van der Waals surface area contributed by atoms with Crippen molar-refractivity contribution in [3.05, 3.63) is 71.8 Å². The predicted molar refractivity (Wildman–Crippen MR) is 129 cm³/mol. The third-order valence-electron chi connectivity index (χ3n) is 6.40. The zero-order chi connectivity index (χ0) is 23.9. The first kappa shape index (κ1) is 24.8. The van der Waals surface area contributed by atoms with Crippen LogP contribution < -0.4 is 0 Å². The molecule has 178 valence electrons. The molecule has 6 nitrogen and oxygen atoms in total. The standard InChI is InChI=1S/C27H36N2O4/c1-26(2,3)28-17-15-27(4,16-18-28)29(25(31)33-21-23-13-9-6-10-14-23)19-24(30)32-20-22-11-7-5-8-12-22/h5-14H,15-21H2,1-4H3. The zero-order valence-corrected chi connectivity index (χ0v) is 20.3. The molecule has 1 amide bonds. The minimum Gasteiger partial charge on any atom is -0.459 e. The molecule has 0 saturated carbocycles. The van der Waals surface area contributed by atoms with Crippen molar-refractivity contribution >= 4 is 12.1 Å². The molecule has 2 aromatic rings. The summed E-state index contributed by atoms with van der Waals surface area (Å²) in [5.74, 6) is -0.435. The van der Waals surface area contributed by atoms with Gasteiger partial charge in [-0.2, -0.15) is 0 Å². The second-order valence-corrected chi connectivity index (χ2v) is 9.93. The molecule has 0 atom stereocenters. The number of esters is 1. The molecule has 33 heavy (non-hydrogen) atoms. The number of benzene rings is 2. The van der Waals surface area contributed by atoms with Crippen molar-refractivity contribution in [1.82, 2.24) is 9.80 Å². The molecule has 0 aliphatic carbocycles. The summed E-state index contributed by atoms with van der Waals surface area (Å²) in [5, 5.41) is 0. The number of ether oxygens (including phenoxy) is 2. The van der Waals surface area contributed by atoms with Gasteiger partial charge in [-0.3, -0.25) is 14.6 Å². The zero-order valence-electron chi connectivity index (χ0n) is 20.3. The summed E-state index contributed by atoms with van der Waals surface area (Å²) in [4.78, 5) is 29.9. The fourth-order valence-corrected chi connectivity index (χ4v) is 4.12. The average Bonchev–Trinajstić information content (AvgIpc) is 2.80. The van der Waals surface area contributed by atoms with Gasteiger partial charge in [-0.05, 0) is 51.7 Å². The number of likely N-dealkylation sites (tertiary alicyclic amines) is 1. The second-order valence-electron chi connectivity index (χ2n) is 9.93. The van der Waals surface area contributed by atoms with Crippen molar-refractivity contribution < 1.29 is 19.1 Å². The third kappa shape index (κ3) is 7.06. The average molecular weight is 453 g/mol. The molecule has 1 heterocycles. The number of nitrogens with zero attached hydrogens (tertiary/aromatic N) is 2. The van der Waals surface area contributed by atoms with E-state index < -0.39 is 17.6 Å². The van der Waals surface area contributed by atoms with Gasteiger partial charge in [0.2, 0.25) is 0 Å². The highest BCUT2D eigenvalue weighted by molar-refractivity contribution is 5.78. The summed E-state index contributed by atoms with van der Waals surface area (Å²) in [7, 11) is 0. The van der Waals surface area contributed by atoms with Crippen LogP contribution in [-0.2, 0) is 27.5 Å². The largest absolute Gasteiger partial charge is 0.459 e. The first-order valence-corrected chi connectivity index (χ1v) is 11.6. The highest BCUT2D eigenvalue weighted by Gasteiger charge is 2.42. The van der Waals surface area contributed by atoms with Gasteiger partial charge in [0.25, 0.3) is 0 Å². The maximum atomic E-state index is 13.2. The van der Waals surface area contributed by atoms with Crippen molar-refractivity contribution in [2.24, 2.45) is 0 Å². The molecule has 0 unspecified atom stereocenters. The fraction of sp³-hybridized carbons (Fsp3) is 0.481. The summed E-state index contributed by atoms with van der Waals surface area (Å²) >= 11 is 0. The number of carbonyl (C=O) groups excluding carboxylic acids is 2. The Hall–Kier alpha value is -2.86. The maximum Gasteiger partial charge on any atom is 0.411 e. The third-order valence-corrected chi connectivity index (χ3v) is 6.40. The molecule has 0 aromatic heterocycles. The van der Waals surface area contributed by atoms with Crippen LogP contribution in [0.5, 0.6) is 0 Å². The fourth-order valence-electron chi connectivity index (χ4n) is 4.12. The van der Waals surface area contributed by atoms with E-state index in [-0.39, 0.29) is 25.3 Å². The Labute approximate surface area is 197 Å². The topological polar surface area (TPSA) is 59.1 Å². The molecular weight excluding hydrogens is 416 g/mol. The van der Waals surface area contributed by atoms with Crippen molar-refractivity contribution in [3.63, 3.8) is 0 Å². The van der Waals surface area contributed by atoms with Crippen LogP contribution in [0.15, 0.2) is 60.7 Å². The van der Waals surface area contributed by atoms with Gasteiger partial charge in [-0.15, -0.1) is 0 Å². The van der Waals surface area contributed by atoms with Gasteiger partial charge in [0.15, 0.2) is 0 Å². The number of hydrogen-bond donors (Lipinski definition) is 0. The molecule has 1 aliphatic heterocycles. The quantitative estimate of drug-likeness (QED) is 0.552. The van der Waals surface area contributed by atoms with Crippen LogP contribution >= 0.6 is 0 Å².